The third-order valence-electron chi connectivity index (χ3n) is 1.97. The molecule has 0 aromatic heterocycles. The molecule has 1 N–H and O–H groups in total. The Balaban J connectivity index is 2.99. The van der Waals surface area contributed by atoms with Gasteiger partial charge < -0.3 is 5.32 Å². The van der Waals surface area contributed by atoms with Crippen molar-refractivity contribution in [2.24, 2.45) is 0 Å². The quantitative estimate of drug-likeness (QED) is 0.771. The molecule has 1 rings (SSSR count). The van der Waals surface area contributed by atoms with E-state index in [4.69, 9.17) is 0 Å². The summed E-state index contributed by atoms with van der Waals surface area (Å²) in [5.41, 5.74) is -0.0967. The molecule has 0 unspecified atom stereocenters. The van der Waals surface area contributed by atoms with E-state index in [0.717, 1.165) is 12.1 Å². The van der Waals surface area contributed by atoms with Crippen molar-refractivity contribution in [3.8, 4) is 0 Å². The van der Waals surface area contributed by atoms with Crippen LogP contribution in [0.1, 0.15) is 11.1 Å². The number of halogens is 4. The van der Waals surface area contributed by atoms with Gasteiger partial charge in [0.1, 0.15) is 0 Å². The van der Waals surface area contributed by atoms with Crippen LogP contribution in [0.2, 0.25) is 0 Å². The second kappa shape index (κ2) is 4.61. The zero-order valence-corrected chi connectivity index (χ0v) is 8.11. The summed E-state index contributed by atoms with van der Waals surface area (Å²) in [6.07, 6.45) is -3.68. The van der Waals surface area contributed by atoms with E-state index in [0.29, 0.717) is 12.1 Å². The molecule has 0 heterocycles. The number of hydrogen-bond acceptors (Lipinski definition) is 1. The molecule has 0 fully saturated rings. The molecule has 1 nitrogen and oxygen atoms in total. The maximum absolute atomic E-state index is 12.9. The molecule has 0 saturated carbocycles. The van der Waals surface area contributed by atoms with Crippen LogP contribution >= 0.6 is 0 Å². The minimum atomic E-state index is -4.08. The molecule has 0 amide bonds. The maximum Gasteiger partial charge on any atom is 0.332 e. The zero-order valence-electron chi connectivity index (χ0n) is 8.11. The highest BCUT2D eigenvalue weighted by Gasteiger charge is 2.42. The van der Waals surface area contributed by atoms with Gasteiger partial charge in [-0.3, -0.25) is 0 Å². The lowest BCUT2D eigenvalue weighted by atomic mass is 10.1. The molecule has 0 saturated heterocycles. The predicted molar refractivity (Wildman–Crippen MR) is 49.1 cm³/mol. The molecule has 15 heavy (non-hydrogen) atoms. The molecule has 0 radical (unpaired) electrons. The van der Waals surface area contributed by atoms with Crippen molar-refractivity contribution in [1.82, 2.24) is 5.32 Å². The van der Waals surface area contributed by atoms with E-state index in [1.165, 1.54) is 6.07 Å². The number of rotatable bonds is 4. The maximum atomic E-state index is 12.9. The summed E-state index contributed by atoms with van der Waals surface area (Å²) in [5.74, 6) is -4.08. The predicted octanol–water partition coefficient (Wildman–Crippen LogP) is 2.76. The molecule has 1 aromatic rings. The van der Waals surface area contributed by atoms with Crippen LogP contribution in [0.15, 0.2) is 24.3 Å². The van der Waals surface area contributed by atoms with Gasteiger partial charge in [-0.25, -0.2) is 8.78 Å². The highest BCUT2D eigenvalue weighted by molar-refractivity contribution is 5.27. The summed E-state index contributed by atoms with van der Waals surface area (Å²) >= 11 is 0. The van der Waals surface area contributed by atoms with Crippen LogP contribution < -0.4 is 5.32 Å². The largest absolute Gasteiger partial charge is 0.332 e. The van der Waals surface area contributed by atoms with Crippen LogP contribution in [0.3, 0.4) is 0 Å². The summed E-state index contributed by atoms with van der Waals surface area (Å²) in [4.78, 5) is 0. The van der Waals surface area contributed by atoms with Crippen molar-refractivity contribution >= 4 is 0 Å². The van der Waals surface area contributed by atoms with Crippen LogP contribution in [0.25, 0.3) is 0 Å². The number of hydrogen-bond donors (Lipinski definition) is 1. The van der Waals surface area contributed by atoms with E-state index >= 15 is 0 Å². The Morgan fingerprint density at radius 3 is 2.53 bits per heavy atom. The zero-order chi connectivity index (χ0) is 11.5. The normalized spacial score (nSPS) is 12.1. The number of nitrogens with one attached hydrogen (secondary N) is 1. The summed E-state index contributed by atoms with van der Waals surface area (Å²) in [6, 6.07) is 5.04. The van der Waals surface area contributed by atoms with Crippen molar-refractivity contribution in [2.75, 3.05) is 7.05 Å². The molecule has 0 atom stereocenters. The first kappa shape index (κ1) is 12.0. The minimum absolute atomic E-state index is 0.368. The first-order valence-corrected chi connectivity index (χ1v) is 4.38. The minimum Gasteiger partial charge on any atom is -0.316 e. The molecule has 0 spiro atoms. The Bertz CT molecular complexity index is 325. The van der Waals surface area contributed by atoms with Gasteiger partial charge >= 0.3 is 12.3 Å². The Morgan fingerprint density at radius 2 is 2.00 bits per heavy atom. The molecular formula is C10H11F4N. The lowest BCUT2D eigenvalue weighted by Gasteiger charge is -2.16. The van der Waals surface area contributed by atoms with Gasteiger partial charge in [-0.15, -0.1) is 0 Å². The second-order valence-electron chi connectivity index (χ2n) is 3.15. The summed E-state index contributed by atoms with van der Waals surface area (Å²) in [6.45, 7) is 0.368. The van der Waals surface area contributed by atoms with Gasteiger partial charge in [-0.05, 0) is 18.7 Å². The summed E-state index contributed by atoms with van der Waals surface area (Å²) in [5, 5.41) is 2.76. The SMILES string of the molecule is CNCc1cccc(C(F)(F)C(F)F)c1. The van der Waals surface area contributed by atoms with Gasteiger partial charge in [-0.2, -0.15) is 8.78 Å². The van der Waals surface area contributed by atoms with Gasteiger partial charge in [0.25, 0.3) is 0 Å². The highest BCUT2D eigenvalue weighted by Crippen LogP contribution is 2.34. The van der Waals surface area contributed by atoms with E-state index in [1.54, 1.807) is 13.1 Å². The first-order chi connectivity index (χ1) is 6.98. The molecular weight excluding hydrogens is 210 g/mol. The van der Waals surface area contributed by atoms with Gasteiger partial charge in [0.15, 0.2) is 0 Å². The number of benzene rings is 1. The van der Waals surface area contributed by atoms with Crippen molar-refractivity contribution < 1.29 is 17.6 Å². The molecule has 0 aliphatic heterocycles. The topological polar surface area (TPSA) is 12.0 Å². The fourth-order valence-corrected chi connectivity index (χ4v) is 1.22. The summed E-state index contributed by atoms with van der Waals surface area (Å²) < 4.78 is 50.0. The first-order valence-electron chi connectivity index (χ1n) is 4.38. The lowest BCUT2D eigenvalue weighted by Crippen LogP contribution is -2.23. The molecule has 0 aliphatic rings. The van der Waals surface area contributed by atoms with Gasteiger partial charge in [0.05, 0.1) is 0 Å². The third kappa shape index (κ3) is 2.68. The van der Waals surface area contributed by atoms with Crippen LogP contribution in [-0.4, -0.2) is 13.5 Å². The Kier molecular flexibility index (Phi) is 3.68. The monoisotopic (exact) mass is 221 g/mol. The van der Waals surface area contributed by atoms with Crippen molar-refractivity contribution in [3.05, 3.63) is 35.4 Å². The standard InChI is InChI=1S/C10H11F4N/c1-15-6-7-3-2-4-8(5-7)10(13,14)9(11)12/h2-5,9,15H,6H2,1H3. The van der Waals surface area contributed by atoms with Crippen LogP contribution in [-0.2, 0) is 12.5 Å². The fourth-order valence-electron chi connectivity index (χ4n) is 1.22. The molecule has 5 heteroatoms. The van der Waals surface area contributed by atoms with E-state index in [-0.39, 0.29) is 0 Å². The Hall–Kier alpha value is -1.10. The van der Waals surface area contributed by atoms with Crippen LogP contribution in [0, 0.1) is 0 Å². The van der Waals surface area contributed by atoms with Gasteiger partial charge in [-0.1, -0.05) is 18.2 Å². The van der Waals surface area contributed by atoms with Crippen molar-refractivity contribution in [2.45, 2.75) is 18.9 Å². The van der Waals surface area contributed by atoms with E-state index in [9.17, 15) is 17.6 Å². The average Bonchev–Trinajstić information content (AvgIpc) is 2.18. The molecule has 0 bridgehead atoms. The van der Waals surface area contributed by atoms with Crippen molar-refractivity contribution in [1.29, 1.82) is 0 Å². The van der Waals surface area contributed by atoms with E-state index in [1.807, 2.05) is 0 Å². The van der Waals surface area contributed by atoms with Crippen molar-refractivity contribution in [3.63, 3.8) is 0 Å². The van der Waals surface area contributed by atoms with Gasteiger partial charge in [0.2, 0.25) is 0 Å². The molecule has 0 aliphatic carbocycles. The third-order valence-corrected chi connectivity index (χ3v) is 1.97. The van der Waals surface area contributed by atoms with Crippen LogP contribution in [0.4, 0.5) is 17.6 Å². The Morgan fingerprint density at radius 1 is 1.33 bits per heavy atom. The lowest BCUT2D eigenvalue weighted by molar-refractivity contribution is -0.135. The molecule has 1 aromatic carbocycles. The van der Waals surface area contributed by atoms with Gasteiger partial charge in [0, 0.05) is 12.1 Å². The second-order valence-corrected chi connectivity index (χ2v) is 3.15. The molecule has 84 valence electrons. The summed E-state index contributed by atoms with van der Waals surface area (Å²) in [7, 11) is 1.65. The van der Waals surface area contributed by atoms with E-state index in [2.05, 4.69) is 5.32 Å². The average molecular weight is 221 g/mol. The van der Waals surface area contributed by atoms with E-state index < -0.39 is 17.9 Å². The highest BCUT2D eigenvalue weighted by atomic mass is 19.3. The Labute approximate surface area is 85.1 Å². The fraction of sp³-hybridized carbons (Fsp3) is 0.400. The number of alkyl halides is 4. The van der Waals surface area contributed by atoms with Crippen LogP contribution in [0.5, 0.6) is 0 Å². The smallest absolute Gasteiger partial charge is 0.316 e.